The summed E-state index contributed by atoms with van der Waals surface area (Å²) in [5.74, 6) is 0.280. The van der Waals surface area contributed by atoms with E-state index in [9.17, 15) is 9.59 Å². The standard InChI is InChI=1S/C16H23N3O3/c1-11-7-5-9-13(17-11)18-14(20)12-8-6-10-19(12)15(21)22-16(2,3)4/h5,7,9,12H,6,8,10H2,1-4H3,(H,17,18,20)/t12-/m0/s1. The monoisotopic (exact) mass is 305 g/mol. The molecule has 1 saturated heterocycles. The number of nitrogens with zero attached hydrogens (tertiary/aromatic N) is 2. The van der Waals surface area contributed by atoms with E-state index in [1.165, 1.54) is 4.90 Å². The van der Waals surface area contributed by atoms with Crippen LogP contribution in [-0.2, 0) is 9.53 Å². The zero-order chi connectivity index (χ0) is 16.3. The van der Waals surface area contributed by atoms with Crippen molar-refractivity contribution in [3.63, 3.8) is 0 Å². The highest BCUT2D eigenvalue weighted by molar-refractivity contribution is 5.96. The minimum absolute atomic E-state index is 0.221. The summed E-state index contributed by atoms with van der Waals surface area (Å²) in [6.45, 7) is 7.83. The Morgan fingerprint density at radius 3 is 2.73 bits per heavy atom. The lowest BCUT2D eigenvalue weighted by Gasteiger charge is -2.27. The van der Waals surface area contributed by atoms with Crippen molar-refractivity contribution in [2.45, 2.75) is 52.2 Å². The second-order valence-electron chi connectivity index (χ2n) is 6.49. The van der Waals surface area contributed by atoms with Crippen molar-refractivity contribution in [2.24, 2.45) is 0 Å². The normalized spacial score (nSPS) is 18.2. The van der Waals surface area contributed by atoms with Crippen molar-refractivity contribution in [1.29, 1.82) is 0 Å². The molecule has 0 unspecified atom stereocenters. The average Bonchev–Trinajstić information content (AvgIpc) is 2.85. The molecule has 2 rings (SSSR count). The van der Waals surface area contributed by atoms with Gasteiger partial charge >= 0.3 is 6.09 Å². The molecular weight excluding hydrogens is 282 g/mol. The first-order valence-corrected chi connectivity index (χ1v) is 7.50. The SMILES string of the molecule is Cc1cccc(NC(=O)[C@@H]2CCCN2C(=O)OC(C)(C)C)n1. The molecule has 1 aromatic rings. The van der Waals surface area contributed by atoms with Gasteiger partial charge in [-0.2, -0.15) is 0 Å². The van der Waals surface area contributed by atoms with Crippen LogP contribution in [0.4, 0.5) is 10.6 Å². The number of aryl methyl sites for hydroxylation is 1. The van der Waals surface area contributed by atoms with Crippen molar-refractivity contribution in [1.82, 2.24) is 9.88 Å². The predicted molar refractivity (Wildman–Crippen MR) is 83.6 cm³/mol. The van der Waals surface area contributed by atoms with Crippen molar-refractivity contribution in [2.75, 3.05) is 11.9 Å². The molecule has 1 fully saturated rings. The summed E-state index contributed by atoms with van der Waals surface area (Å²) in [7, 11) is 0. The summed E-state index contributed by atoms with van der Waals surface area (Å²) in [6, 6.07) is 4.92. The Kier molecular flexibility index (Phi) is 4.68. The van der Waals surface area contributed by atoms with Gasteiger partial charge in [-0.3, -0.25) is 9.69 Å². The third-order valence-corrected chi connectivity index (χ3v) is 3.32. The molecule has 6 heteroatoms. The molecule has 22 heavy (non-hydrogen) atoms. The fourth-order valence-corrected chi connectivity index (χ4v) is 2.40. The Morgan fingerprint density at radius 1 is 1.36 bits per heavy atom. The molecule has 0 saturated carbocycles. The van der Waals surface area contributed by atoms with Gasteiger partial charge in [0, 0.05) is 12.2 Å². The molecule has 1 N–H and O–H groups in total. The zero-order valence-electron chi connectivity index (χ0n) is 13.5. The van der Waals surface area contributed by atoms with Gasteiger partial charge in [0.2, 0.25) is 5.91 Å². The van der Waals surface area contributed by atoms with Crippen LogP contribution in [0.3, 0.4) is 0 Å². The summed E-state index contributed by atoms with van der Waals surface area (Å²) in [4.78, 5) is 30.3. The third-order valence-electron chi connectivity index (χ3n) is 3.32. The molecule has 0 radical (unpaired) electrons. The van der Waals surface area contributed by atoms with Crippen LogP contribution < -0.4 is 5.32 Å². The van der Waals surface area contributed by atoms with E-state index in [1.807, 2.05) is 39.8 Å². The number of rotatable bonds is 2. The quantitative estimate of drug-likeness (QED) is 0.912. The highest BCUT2D eigenvalue weighted by Crippen LogP contribution is 2.22. The second kappa shape index (κ2) is 6.34. The van der Waals surface area contributed by atoms with Crippen LogP contribution in [0.15, 0.2) is 18.2 Å². The lowest BCUT2D eigenvalue weighted by Crippen LogP contribution is -2.45. The minimum Gasteiger partial charge on any atom is -0.444 e. The van der Waals surface area contributed by atoms with E-state index in [0.717, 1.165) is 12.1 Å². The van der Waals surface area contributed by atoms with Gasteiger partial charge in [0.1, 0.15) is 17.5 Å². The number of carbonyl (C=O) groups is 2. The van der Waals surface area contributed by atoms with Gasteiger partial charge in [-0.25, -0.2) is 9.78 Å². The zero-order valence-corrected chi connectivity index (χ0v) is 13.5. The van der Waals surface area contributed by atoms with Gasteiger partial charge in [0.05, 0.1) is 0 Å². The van der Waals surface area contributed by atoms with Gasteiger partial charge in [0.25, 0.3) is 0 Å². The number of carbonyl (C=O) groups excluding carboxylic acids is 2. The summed E-state index contributed by atoms with van der Waals surface area (Å²) in [6.07, 6.45) is 0.984. The number of likely N-dealkylation sites (tertiary alicyclic amines) is 1. The van der Waals surface area contributed by atoms with Crippen molar-refractivity contribution < 1.29 is 14.3 Å². The lowest BCUT2D eigenvalue weighted by atomic mass is 10.2. The molecule has 1 aromatic heterocycles. The molecule has 120 valence electrons. The van der Waals surface area contributed by atoms with Gasteiger partial charge in [0.15, 0.2) is 0 Å². The van der Waals surface area contributed by atoms with Gasteiger partial charge in [-0.15, -0.1) is 0 Å². The molecule has 6 nitrogen and oxygen atoms in total. The molecule has 0 bridgehead atoms. The number of nitrogens with one attached hydrogen (secondary N) is 1. The van der Waals surface area contributed by atoms with E-state index in [-0.39, 0.29) is 5.91 Å². The van der Waals surface area contributed by atoms with Crippen LogP contribution in [0, 0.1) is 6.92 Å². The van der Waals surface area contributed by atoms with E-state index in [4.69, 9.17) is 4.74 Å². The average molecular weight is 305 g/mol. The smallest absolute Gasteiger partial charge is 0.410 e. The Labute approximate surface area is 130 Å². The Hall–Kier alpha value is -2.11. The van der Waals surface area contributed by atoms with Crippen LogP contribution in [0.5, 0.6) is 0 Å². The number of ether oxygens (including phenoxy) is 1. The van der Waals surface area contributed by atoms with E-state index >= 15 is 0 Å². The van der Waals surface area contributed by atoms with E-state index < -0.39 is 17.7 Å². The number of aromatic nitrogens is 1. The van der Waals surface area contributed by atoms with Crippen LogP contribution >= 0.6 is 0 Å². The summed E-state index contributed by atoms with van der Waals surface area (Å²) in [5.41, 5.74) is 0.256. The number of hydrogen-bond donors (Lipinski definition) is 1. The van der Waals surface area contributed by atoms with Gasteiger partial charge in [-0.05, 0) is 52.7 Å². The van der Waals surface area contributed by atoms with Gasteiger partial charge in [-0.1, -0.05) is 6.07 Å². The molecule has 0 spiro atoms. The molecule has 2 amide bonds. The number of pyridine rings is 1. The number of anilines is 1. The third kappa shape index (κ3) is 4.19. The maximum absolute atomic E-state index is 12.4. The molecule has 0 aliphatic carbocycles. The second-order valence-corrected chi connectivity index (χ2v) is 6.49. The number of amides is 2. The largest absolute Gasteiger partial charge is 0.444 e. The van der Waals surface area contributed by atoms with Crippen LogP contribution in [0.2, 0.25) is 0 Å². The topological polar surface area (TPSA) is 71.5 Å². The van der Waals surface area contributed by atoms with Crippen LogP contribution in [0.1, 0.15) is 39.3 Å². The first-order chi connectivity index (χ1) is 10.3. The summed E-state index contributed by atoms with van der Waals surface area (Å²) >= 11 is 0. The fraction of sp³-hybridized carbons (Fsp3) is 0.562. The van der Waals surface area contributed by atoms with Crippen LogP contribution in [-0.4, -0.2) is 40.1 Å². The molecule has 1 aliphatic rings. The first kappa shape index (κ1) is 16.3. The van der Waals surface area contributed by atoms with Crippen molar-refractivity contribution >= 4 is 17.8 Å². The Morgan fingerprint density at radius 2 is 2.09 bits per heavy atom. The molecule has 1 atom stereocenters. The maximum Gasteiger partial charge on any atom is 0.410 e. The van der Waals surface area contributed by atoms with Crippen LogP contribution in [0.25, 0.3) is 0 Å². The van der Waals surface area contributed by atoms with E-state index in [0.29, 0.717) is 18.8 Å². The molecule has 0 aromatic carbocycles. The summed E-state index contributed by atoms with van der Waals surface area (Å²) < 4.78 is 5.36. The fourth-order valence-electron chi connectivity index (χ4n) is 2.40. The van der Waals surface area contributed by atoms with Gasteiger partial charge < -0.3 is 10.1 Å². The van der Waals surface area contributed by atoms with Crippen molar-refractivity contribution in [3.8, 4) is 0 Å². The van der Waals surface area contributed by atoms with E-state index in [1.54, 1.807) is 6.07 Å². The molecule has 2 heterocycles. The maximum atomic E-state index is 12.4. The predicted octanol–water partition coefficient (Wildman–Crippen LogP) is 2.73. The minimum atomic E-state index is -0.571. The molecule has 1 aliphatic heterocycles. The first-order valence-electron chi connectivity index (χ1n) is 7.50. The highest BCUT2D eigenvalue weighted by Gasteiger charge is 2.36. The highest BCUT2D eigenvalue weighted by atomic mass is 16.6. The number of hydrogen-bond acceptors (Lipinski definition) is 4. The Balaban J connectivity index is 2.03. The molecular formula is C16H23N3O3. The Bertz CT molecular complexity index is 566. The van der Waals surface area contributed by atoms with E-state index in [2.05, 4.69) is 10.3 Å². The van der Waals surface area contributed by atoms with Crippen molar-refractivity contribution in [3.05, 3.63) is 23.9 Å². The lowest BCUT2D eigenvalue weighted by molar-refractivity contribution is -0.120. The summed E-state index contributed by atoms with van der Waals surface area (Å²) in [5, 5.41) is 2.77.